The Hall–Kier alpha value is -1.46. The zero-order chi connectivity index (χ0) is 13.9. The molecule has 1 N–H and O–H groups in total. The number of nitrogens with one attached hydrogen (secondary N) is 1. The van der Waals surface area contributed by atoms with E-state index in [2.05, 4.69) is 5.32 Å². The van der Waals surface area contributed by atoms with Crippen molar-refractivity contribution in [3.05, 3.63) is 35.6 Å². The van der Waals surface area contributed by atoms with Crippen LogP contribution in [0.5, 0.6) is 0 Å². The van der Waals surface area contributed by atoms with Crippen LogP contribution in [0.1, 0.15) is 24.5 Å². The van der Waals surface area contributed by atoms with E-state index in [1.807, 2.05) is 0 Å². The van der Waals surface area contributed by atoms with Gasteiger partial charge in [0.05, 0.1) is 19.7 Å². The summed E-state index contributed by atoms with van der Waals surface area (Å²) >= 11 is 0. The van der Waals surface area contributed by atoms with Crippen molar-refractivity contribution in [3.63, 3.8) is 0 Å². The highest BCUT2D eigenvalue weighted by molar-refractivity contribution is 5.78. The Bertz CT molecular complexity index is 491. The van der Waals surface area contributed by atoms with E-state index in [1.54, 1.807) is 23.1 Å². The molecule has 1 heterocycles. The summed E-state index contributed by atoms with van der Waals surface area (Å²) in [6.07, 6.45) is 1.96. The van der Waals surface area contributed by atoms with Gasteiger partial charge in [0.25, 0.3) is 0 Å². The molecule has 5 heteroatoms. The van der Waals surface area contributed by atoms with E-state index < -0.39 is 0 Å². The van der Waals surface area contributed by atoms with E-state index in [1.165, 1.54) is 6.07 Å². The molecular weight excluding hydrogens is 259 g/mol. The van der Waals surface area contributed by atoms with Gasteiger partial charge < -0.3 is 15.0 Å². The number of nitrogens with zero attached hydrogens (tertiary/aromatic N) is 1. The van der Waals surface area contributed by atoms with Gasteiger partial charge in [-0.2, -0.15) is 0 Å². The number of ether oxygens (including phenoxy) is 1. The SMILES string of the molecule is O=C(CNC1CC1)N1CCOC(c2ccccc2F)C1. The Labute approximate surface area is 117 Å². The van der Waals surface area contributed by atoms with Crippen LogP contribution in [0.2, 0.25) is 0 Å². The first-order valence-electron chi connectivity index (χ1n) is 7.11. The third kappa shape index (κ3) is 3.16. The van der Waals surface area contributed by atoms with Gasteiger partial charge in [-0.15, -0.1) is 0 Å². The molecule has 1 aromatic rings. The van der Waals surface area contributed by atoms with Gasteiger partial charge in [0, 0.05) is 18.2 Å². The molecule has 2 fully saturated rings. The fourth-order valence-corrected chi connectivity index (χ4v) is 2.43. The fraction of sp³-hybridized carbons (Fsp3) is 0.533. The van der Waals surface area contributed by atoms with E-state index in [-0.39, 0.29) is 17.8 Å². The molecule has 0 bridgehead atoms. The lowest BCUT2D eigenvalue weighted by Gasteiger charge is -2.33. The quantitative estimate of drug-likeness (QED) is 0.907. The highest BCUT2D eigenvalue weighted by Gasteiger charge is 2.28. The van der Waals surface area contributed by atoms with E-state index in [9.17, 15) is 9.18 Å². The average Bonchev–Trinajstić information content (AvgIpc) is 3.29. The van der Waals surface area contributed by atoms with Gasteiger partial charge in [-0.3, -0.25) is 4.79 Å². The molecule has 1 aliphatic carbocycles. The Balaban J connectivity index is 1.60. The monoisotopic (exact) mass is 278 g/mol. The number of carbonyl (C=O) groups is 1. The fourth-order valence-electron chi connectivity index (χ4n) is 2.43. The maximum Gasteiger partial charge on any atom is 0.236 e. The average molecular weight is 278 g/mol. The number of carbonyl (C=O) groups excluding carboxylic acids is 1. The second-order valence-corrected chi connectivity index (χ2v) is 5.38. The van der Waals surface area contributed by atoms with Crippen LogP contribution < -0.4 is 5.32 Å². The number of halogens is 1. The van der Waals surface area contributed by atoms with Crippen molar-refractivity contribution in [2.45, 2.75) is 25.0 Å². The molecule has 2 aliphatic rings. The summed E-state index contributed by atoms with van der Waals surface area (Å²) in [5.41, 5.74) is 0.528. The first-order valence-corrected chi connectivity index (χ1v) is 7.11. The van der Waals surface area contributed by atoms with Crippen molar-refractivity contribution in [1.82, 2.24) is 10.2 Å². The van der Waals surface area contributed by atoms with Crippen LogP contribution in [0.3, 0.4) is 0 Å². The molecule has 4 nitrogen and oxygen atoms in total. The molecule has 1 saturated carbocycles. The van der Waals surface area contributed by atoms with Gasteiger partial charge in [0.2, 0.25) is 5.91 Å². The van der Waals surface area contributed by atoms with Gasteiger partial charge in [0.1, 0.15) is 11.9 Å². The second kappa shape index (κ2) is 5.89. The third-order valence-electron chi connectivity index (χ3n) is 3.79. The van der Waals surface area contributed by atoms with Crippen LogP contribution in [0.25, 0.3) is 0 Å². The third-order valence-corrected chi connectivity index (χ3v) is 3.79. The number of hydrogen-bond donors (Lipinski definition) is 1. The first kappa shape index (κ1) is 13.5. The number of amides is 1. The molecule has 3 rings (SSSR count). The minimum atomic E-state index is -0.366. The summed E-state index contributed by atoms with van der Waals surface area (Å²) in [4.78, 5) is 13.9. The van der Waals surface area contributed by atoms with Crippen molar-refractivity contribution in [1.29, 1.82) is 0 Å². The topological polar surface area (TPSA) is 41.6 Å². The summed E-state index contributed by atoms with van der Waals surface area (Å²) in [5, 5.41) is 3.21. The molecule has 1 aromatic carbocycles. The summed E-state index contributed by atoms with van der Waals surface area (Å²) in [6, 6.07) is 7.11. The Kier molecular flexibility index (Phi) is 3.98. The Morgan fingerprint density at radius 3 is 2.95 bits per heavy atom. The van der Waals surface area contributed by atoms with Crippen molar-refractivity contribution >= 4 is 5.91 Å². The minimum absolute atomic E-state index is 0.0709. The summed E-state index contributed by atoms with van der Waals surface area (Å²) in [5.74, 6) is -0.204. The standard InChI is InChI=1S/C15H19FN2O2/c16-13-4-2-1-3-12(13)14-10-18(7-8-20-14)15(19)9-17-11-5-6-11/h1-4,11,14,17H,5-10H2. The molecule has 1 aliphatic heterocycles. The maximum absolute atomic E-state index is 13.8. The zero-order valence-corrected chi connectivity index (χ0v) is 11.3. The molecule has 108 valence electrons. The smallest absolute Gasteiger partial charge is 0.236 e. The van der Waals surface area contributed by atoms with Gasteiger partial charge in [-0.05, 0) is 18.9 Å². The predicted molar refractivity (Wildman–Crippen MR) is 72.7 cm³/mol. The van der Waals surface area contributed by atoms with Gasteiger partial charge >= 0.3 is 0 Å². The summed E-state index contributed by atoms with van der Waals surface area (Å²) in [6.45, 7) is 1.82. The van der Waals surface area contributed by atoms with E-state index in [0.717, 1.165) is 12.8 Å². The number of hydrogen-bond acceptors (Lipinski definition) is 3. The van der Waals surface area contributed by atoms with Crippen LogP contribution in [0.15, 0.2) is 24.3 Å². The lowest BCUT2D eigenvalue weighted by Crippen LogP contribution is -2.46. The normalized spacial score (nSPS) is 22.9. The number of morpholine rings is 1. The molecule has 1 unspecified atom stereocenters. The predicted octanol–water partition coefficient (Wildman–Crippen LogP) is 1.48. The number of rotatable bonds is 4. The van der Waals surface area contributed by atoms with Crippen molar-refractivity contribution in [2.75, 3.05) is 26.2 Å². The van der Waals surface area contributed by atoms with E-state index >= 15 is 0 Å². The molecule has 1 saturated heterocycles. The van der Waals surface area contributed by atoms with Gasteiger partial charge in [-0.1, -0.05) is 18.2 Å². The second-order valence-electron chi connectivity index (χ2n) is 5.38. The van der Waals surface area contributed by atoms with Gasteiger partial charge in [0.15, 0.2) is 0 Å². The molecule has 0 radical (unpaired) electrons. The lowest BCUT2D eigenvalue weighted by atomic mass is 10.1. The summed E-state index contributed by atoms with van der Waals surface area (Å²) < 4.78 is 19.4. The molecule has 0 aromatic heterocycles. The van der Waals surface area contributed by atoms with Crippen LogP contribution in [0.4, 0.5) is 4.39 Å². The van der Waals surface area contributed by atoms with Crippen molar-refractivity contribution < 1.29 is 13.9 Å². The van der Waals surface area contributed by atoms with Crippen molar-refractivity contribution in [3.8, 4) is 0 Å². The first-order chi connectivity index (χ1) is 9.74. The lowest BCUT2D eigenvalue weighted by molar-refractivity contribution is -0.138. The minimum Gasteiger partial charge on any atom is -0.370 e. The zero-order valence-electron chi connectivity index (χ0n) is 11.3. The van der Waals surface area contributed by atoms with E-state index in [0.29, 0.717) is 37.8 Å². The summed E-state index contributed by atoms with van der Waals surface area (Å²) in [7, 11) is 0. The molecule has 1 amide bonds. The molecule has 20 heavy (non-hydrogen) atoms. The molecule has 1 atom stereocenters. The highest BCUT2D eigenvalue weighted by Crippen LogP contribution is 2.24. The Morgan fingerprint density at radius 1 is 1.40 bits per heavy atom. The largest absolute Gasteiger partial charge is 0.370 e. The van der Waals surface area contributed by atoms with Gasteiger partial charge in [-0.25, -0.2) is 4.39 Å². The molecule has 0 spiro atoms. The molecular formula is C15H19FN2O2. The van der Waals surface area contributed by atoms with Crippen LogP contribution in [-0.2, 0) is 9.53 Å². The highest BCUT2D eigenvalue weighted by atomic mass is 19.1. The van der Waals surface area contributed by atoms with Crippen LogP contribution in [0, 0.1) is 5.82 Å². The van der Waals surface area contributed by atoms with Crippen LogP contribution >= 0.6 is 0 Å². The Morgan fingerprint density at radius 2 is 2.20 bits per heavy atom. The van der Waals surface area contributed by atoms with Crippen molar-refractivity contribution in [2.24, 2.45) is 0 Å². The van der Waals surface area contributed by atoms with E-state index in [4.69, 9.17) is 4.74 Å². The van der Waals surface area contributed by atoms with Crippen LogP contribution in [-0.4, -0.2) is 43.1 Å². The number of benzene rings is 1. The maximum atomic E-state index is 13.8.